The van der Waals surface area contributed by atoms with Crippen molar-refractivity contribution in [3.8, 4) is 22.8 Å². The summed E-state index contributed by atoms with van der Waals surface area (Å²) < 4.78 is 6.10. The number of phenolic OH excluding ortho intramolecular Hbond substituents is 1. The van der Waals surface area contributed by atoms with E-state index in [1.807, 2.05) is 30.3 Å². The number of para-hydroxylation sites is 2. The average molecular weight is 464 g/mol. The van der Waals surface area contributed by atoms with Gasteiger partial charge in [0.05, 0.1) is 18.9 Å². The number of nitrogens with zero attached hydrogens (tertiary/aromatic N) is 1. The molecule has 2 heterocycles. The third-order valence-corrected chi connectivity index (χ3v) is 5.67. The van der Waals surface area contributed by atoms with E-state index < -0.39 is 0 Å². The molecule has 0 bridgehead atoms. The molecule has 5 N–H and O–H groups in total. The first kappa shape index (κ1) is 25.5. The lowest BCUT2D eigenvalue weighted by Crippen LogP contribution is -2.29. The summed E-state index contributed by atoms with van der Waals surface area (Å²) in [4.78, 5) is 4.59. The molecule has 0 amide bonds. The largest absolute Gasteiger partial charge is 0.508 e. The molecule has 0 spiro atoms. The lowest BCUT2D eigenvalue weighted by atomic mass is 9.88. The molecule has 1 aromatic heterocycles. The normalized spacial score (nSPS) is 15.8. The first-order chi connectivity index (χ1) is 16.3. The van der Waals surface area contributed by atoms with Crippen molar-refractivity contribution in [1.82, 2.24) is 10.3 Å². The van der Waals surface area contributed by atoms with Gasteiger partial charge in [0, 0.05) is 17.7 Å². The molecule has 1 atom stereocenters. The minimum absolute atomic E-state index is 0.0687. The summed E-state index contributed by atoms with van der Waals surface area (Å²) >= 11 is 0. The van der Waals surface area contributed by atoms with Gasteiger partial charge in [-0.3, -0.25) is 0 Å². The Hall–Kier alpha value is -3.09. The number of rotatable bonds is 5. The molecule has 1 saturated heterocycles. The van der Waals surface area contributed by atoms with Crippen molar-refractivity contribution in [1.29, 1.82) is 0 Å². The Bertz CT molecular complexity index is 1040. The Morgan fingerprint density at radius 1 is 1.09 bits per heavy atom. The summed E-state index contributed by atoms with van der Waals surface area (Å²) in [6, 6.07) is 18.7. The van der Waals surface area contributed by atoms with Gasteiger partial charge in [0.2, 0.25) is 0 Å². The van der Waals surface area contributed by atoms with Crippen LogP contribution in [0.5, 0.6) is 11.5 Å². The zero-order valence-corrected chi connectivity index (χ0v) is 20.4. The molecule has 3 aromatic rings. The number of phenols is 1. The second kappa shape index (κ2) is 11.9. The van der Waals surface area contributed by atoms with Crippen LogP contribution in [0.1, 0.15) is 50.7 Å². The minimum Gasteiger partial charge on any atom is -0.508 e. The van der Waals surface area contributed by atoms with Crippen molar-refractivity contribution in [3.05, 3.63) is 71.8 Å². The van der Waals surface area contributed by atoms with E-state index in [1.54, 1.807) is 24.3 Å². The number of nitrogen functional groups attached to an aromatic ring is 1. The van der Waals surface area contributed by atoms with Crippen LogP contribution in [0.15, 0.2) is 60.7 Å². The number of piperidine rings is 1. The third-order valence-electron chi connectivity index (χ3n) is 5.67. The van der Waals surface area contributed by atoms with Crippen molar-refractivity contribution >= 4 is 5.82 Å². The highest BCUT2D eigenvalue weighted by molar-refractivity contribution is 5.70. The fourth-order valence-electron chi connectivity index (χ4n) is 3.93. The van der Waals surface area contributed by atoms with Gasteiger partial charge >= 0.3 is 0 Å². The lowest BCUT2D eigenvalue weighted by molar-refractivity contribution is 0.198. The third kappa shape index (κ3) is 7.20. The number of nitrogens with one attached hydrogen (secondary N) is 1. The maximum atomic E-state index is 9.85. The second-order valence-corrected chi connectivity index (χ2v) is 9.84. The number of aromatic nitrogens is 1. The average Bonchev–Trinajstić information content (AvgIpc) is 2.83. The van der Waals surface area contributed by atoms with Crippen LogP contribution in [-0.2, 0) is 6.61 Å². The van der Waals surface area contributed by atoms with Crippen LogP contribution in [-0.4, -0.2) is 34.9 Å². The molecule has 0 aliphatic carbocycles. The van der Waals surface area contributed by atoms with E-state index in [0.29, 0.717) is 24.1 Å². The van der Waals surface area contributed by atoms with Crippen LogP contribution >= 0.6 is 0 Å². The van der Waals surface area contributed by atoms with Crippen LogP contribution in [0.25, 0.3) is 11.3 Å². The number of benzene rings is 2. The van der Waals surface area contributed by atoms with E-state index in [-0.39, 0.29) is 12.0 Å². The molecule has 1 aliphatic heterocycles. The zero-order chi connectivity index (χ0) is 24.6. The van der Waals surface area contributed by atoms with Crippen molar-refractivity contribution in [2.24, 2.45) is 5.41 Å². The predicted octanol–water partition coefficient (Wildman–Crippen LogP) is 5.11. The first-order valence-electron chi connectivity index (χ1n) is 11.9. The summed E-state index contributed by atoms with van der Waals surface area (Å²) in [7, 11) is 0. The molecule has 0 saturated carbocycles. The molecular formula is C28H37N3O3. The summed E-state index contributed by atoms with van der Waals surface area (Å²) in [6.07, 6.45) is 2.21. The highest BCUT2D eigenvalue weighted by atomic mass is 16.5. The summed E-state index contributed by atoms with van der Waals surface area (Å²) in [5.41, 5.74) is 9.89. The Labute approximate surface area is 202 Å². The van der Waals surface area contributed by atoms with Gasteiger partial charge in [-0.1, -0.05) is 51.1 Å². The van der Waals surface area contributed by atoms with E-state index in [0.717, 1.165) is 54.1 Å². The van der Waals surface area contributed by atoms with Crippen molar-refractivity contribution < 1.29 is 14.9 Å². The smallest absolute Gasteiger partial charge is 0.129 e. The molecule has 1 fully saturated rings. The Morgan fingerprint density at radius 3 is 2.38 bits per heavy atom. The van der Waals surface area contributed by atoms with Gasteiger partial charge in [0.1, 0.15) is 17.3 Å². The molecule has 0 radical (unpaired) electrons. The molecular weight excluding hydrogens is 426 g/mol. The van der Waals surface area contributed by atoms with Gasteiger partial charge in [0.15, 0.2) is 0 Å². The van der Waals surface area contributed by atoms with Gasteiger partial charge < -0.3 is 26.0 Å². The van der Waals surface area contributed by atoms with Gasteiger partial charge in [-0.25, -0.2) is 4.98 Å². The van der Waals surface area contributed by atoms with E-state index in [2.05, 4.69) is 37.1 Å². The molecule has 1 aliphatic rings. The number of aliphatic hydroxyl groups excluding tert-OH is 1. The molecule has 6 nitrogen and oxygen atoms in total. The molecule has 34 heavy (non-hydrogen) atoms. The zero-order valence-electron chi connectivity index (χ0n) is 20.4. The van der Waals surface area contributed by atoms with Gasteiger partial charge in [0.25, 0.3) is 0 Å². The highest BCUT2D eigenvalue weighted by Gasteiger charge is 2.22. The van der Waals surface area contributed by atoms with E-state index >= 15 is 0 Å². The quantitative estimate of drug-likeness (QED) is 0.420. The number of hydrogen-bond acceptors (Lipinski definition) is 6. The Morgan fingerprint density at radius 2 is 1.79 bits per heavy atom. The van der Waals surface area contributed by atoms with Gasteiger partial charge in [-0.15, -0.1) is 0 Å². The van der Waals surface area contributed by atoms with Gasteiger partial charge in [-0.05, 0) is 66.6 Å². The van der Waals surface area contributed by atoms with E-state index in [9.17, 15) is 5.11 Å². The SMILES string of the molecule is CC(C)(C)COc1ccccc1-c1cc(C2CCCNC2)c(CO)c(N)n1.Oc1ccccc1. The van der Waals surface area contributed by atoms with Crippen LogP contribution in [0.2, 0.25) is 0 Å². The number of hydrogen-bond donors (Lipinski definition) is 4. The van der Waals surface area contributed by atoms with Crippen LogP contribution < -0.4 is 15.8 Å². The number of anilines is 1. The first-order valence-corrected chi connectivity index (χ1v) is 11.9. The standard InChI is InChI=1S/C22H31N3O2.C6H6O/c1-22(2,3)14-27-20-9-5-4-8-16(20)19-11-17(15-7-6-10-24-12-15)18(13-26)21(23)25-19;7-6-4-2-1-3-5-6/h4-5,8-9,11,15,24,26H,6-7,10,12-14H2,1-3H3,(H2,23,25);1-5,7H. The second-order valence-electron chi connectivity index (χ2n) is 9.84. The molecule has 2 aromatic carbocycles. The van der Waals surface area contributed by atoms with Crippen molar-refractivity contribution in [2.45, 2.75) is 46.1 Å². The minimum atomic E-state index is -0.0902. The molecule has 4 rings (SSSR count). The number of aromatic hydroxyl groups is 1. The van der Waals surface area contributed by atoms with Crippen LogP contribution in [0, 0.1) is 5.41 Å². The van der Waals surface area contributed by atoms with E-state index in [1.165, 1.54) is 0 Å². The predicted molar refractivity (Wildman–Crippen MR) is 138 cm³/mol. The Balaban J connectivity index is 0.000000396. The summed E-state index contributed by atoms with van der Waals surface area (Å²) in [5, 5.41) is 21.9. The van der Waals surface area contributed by atoms with Crippen LogP contribution in [0.3, 0.4) is 0 Å². The molecule has 182 valence electrons. The Kier molecular flexibility index (Phi) is 8.91. The van der Waals surface area contributed by atoms with Crippen molar-refractivity contribution in [3.63, 3.8) is 0 Å². The monoisotopic (exact) mass is 463 g/mol. The number of ether oxygens (including phenoxy) is 1. The molecule has 1 unspecified atom stereocenters. The van der Waals surface area contributed by atoms with Gasteiger partial charge in [-0.2, -0.15) is 0 Å². The highest BCUT2D eigenvalue weighted by Crippen LogP contribution is 2.36. The van der Waals surface area contributed by atoms with Crippen LogP contribution in [0.4, 0.5) is 5.82 Å². The fraction of sp³-hybridized carbons (Fsp3) is 0.393. The number of aliphatic hydroxyl groups is 1. The maximum Gasteiger partial charge on any atom is 0.129 e. The number of pyridine rings is 1. The summed E-state index contributed by atoms with van der Waals surface area (Å²) in [5.74, 6) is 1.88. The summed E-state index contributed by atoms with van der Waals surface area (Å²) in [6.45, 7) is 8.92. The topological polar surface area (TPSA) is 101 Å². The number of nitrogens with two attached hydrogens (primary N) is 1. The fourth-order valence-corrected chi connectivity index (χ4v) is 3.93. The van der Waals surface area contributed by atoms with E-state index in [4.69, 9.17) is 15.6 Å². The maximum absolute atomic E-state index is 9.85. The van der Waals surface area contributed by atoms with Crippen molar-refractivity contribution in [2.75, 3.05) is 25.4 Å². The molecule has 6 heteroatoms. The lowest BCUT2D eigenvalue weighted by Gasteiger charge is -2.26.